The van der Waals surface area contributed by atoms with Crippen LogP contribution in [0.1, 0.15) is 17.6 Å². The lowest BCUT2D eigenvalue weighted by atomic mass is 10.2. The number of halogens is 1. The highest BCUT2D eigenvalue weighted by Crippen LogP contribution is 2.30. The van der Waals surface area contributed by atoms with Gasteiger partial charge in [-0.15, -0.1) is 0 Å². The van der Waals surface area contributed by atoms with Gasteiger partial charge in [0.2, 0.25) is 11.8 Å². The van der Waals surface area contributed by atoms with Crippen molar-refractivity contribution in [2.75, 3.05) is 14.2 Å². The second-order valence-corrected chi connectivity index (χ2v) is 3.72. The number of aromatic nitrogens is 2. The summed E-state index contributed by atoms with van der Waals surface area (Å²) in [5.74, 6) is 0.715. The number of nitrogens with zero attached hydrogens (tertiary/aromatic N) is 2. The van der Waals surface area contributed by atoms with Gasteiger partial charge >= 0.3 is 0 Å². The maximum atomic E-state index is 10.1. The smallest absolute Gasteiger partial charge is 0.241 e. The first-order valence-corrected chi connectivity index (χ1v) is 5.41. The Morgan fingerprint density at radius 2 is 2.11 bits per heavy atom. The Morgan fingerprint density at radius 3 is 2.67 bits per heavy atom. The van der Waals surface area contributed by atoms with Crippen LogP contribution in [-0.4, -0.2) is 29.3 Å². The number of ether oxygens (including phenoxy) is 2. The van der Waals surface area contributed by atoms with Crippen LogP contribution in [-0.2, 0) is 0 Å². The molecule has 1 atom stereocenters. The van der Waals surface area contributed by atoms with Crippen LogP contribution < -0.4 is 9.47 Å². The van der Waals surface area contributed by atoms with Crippen LogP contribution in [0.25, 0.3) is 0 Å². The third-order valence-electron chi connectivity index (χ3n) is 2.27. The molecule has 7 heteroatoms. The van der Waals surface area contributed by atoms with Gasteiger partial charge in [0.15, 0.2) is 11.3 Å². The molecule has 0 saturated carbocycles. The normalized spacial score (nSPS) is 12.2. The van der Waals surface area contributed by atoms with Crippen LogP contribution in [0, 0.1) is 0 Å². The van der Waals surface area contributed by atoms with E-state index in [0.717, 1.165) is 0 Å². The monoisotopic (exact) mass is 270 g/mol. The number of rotatable bonds is 4. The molecule has 96 valence electrons. The van der Waals surface area contributed by atoms with E-state index in [0.29, 0.717) is 5.88 Å². The summed E-state index contributed by atoms with van der Waals surface area (Å²) in [5, 5.41) is 10.3. The van der Waals surface area contributed by atoms with Crippen molar-refractivity contribution < 1.29 is 19.0 Å². The first-order valence-electron chi connectivity index (χ1n) is 5.04. The van der Waals surface area contributed by atoms with Gasteiger partial charge < -0.3 is 19.0 Å². The maximum Gasteiger partial charge on any atom is 0.241 e. The summed E-state index contributed by atoms with van der Waals surface area (Å²) in [6, 6.07) is 3.09. The van der Waals surface area contributed by atoms with Gasteiger partial charge in [-0.05, 0) is 23.7 Å². The highest BCUT2D eigenvalue weighted by molar-refractivity contribution is 6.28. The van der Waals surface area contributed by atoms with Gasteiger partial charge in [0.05, 0.1) is 20.4 Å². The molecule has 0 aromatic carbocycles. The third kappa shape index (κ3) is 2.39. The molecule has 1 N–H and O–H groups in total. The first kappa shape index (κ1) is 12.7. The van der Waals surface area contributed by atoms with Crippen LogP contribution in [0.5, 0.6) is 11.8 Å². The zero-order chi connectivity index (χ0) is 13.1. The molecule has 2 rings (SSSR count). The van der Waals surface area contributed by atoms with Crippen molar-refractivity contribution in [3.05, 3.63) is 35.0 Å². The number of hydrogen-bond donors (Lipinski definition) is 1. The third-order valence-corrected chi connectivity index (χ3v) is 2.47. The summed E-state index contributed by atoms with van der Waals surface area (Å²) >= 11 is 5.65. The van der Waals surface area contributed by atoms with Gasteiger partial charge in [0.1, 0.15) is 11.5 Å². The summed E-state index contributed by atoms with van der Waals surface area (Å²) in [4.78, 5) is 8.06. The Morgan fingerprint density at radius 1 is 1.33 bits per heavy atom. The zero-order valence-electron chi connectivity index (χ0n) is 9.75. The predicted molar refractivity (Wildman–Crippen MR) is 62.9 cm³/mol. The van der Waals surface area contributed by atoms with E-state index in [2.05, 4.69) is 9.97 Å². The fraction of sp³-hybridized carbons (Fsp3) is 0.273. The number of aliphatic hydroxyl groups is 1. The van der Waals surface area contributed by atoms with Gasteiger partial charge in [-0.25, -0.2) is 4.98 Å². The standard InChI is InChI=1S/C11H11ClN2O4/c1-16-8-5-13-9(11(14-8)17-2)10(15)6-3-4-7(12)18-6/h3-5,10,15H,1-2H3. The van der Waals surface area contributed by atoms with Gasteiger partial charge in [-0.3, -0.25) is 0 Å². The molecule has 0 aliphatic rings. The minimum absolute atomic E-state index is 0.161. The van der Waals surface area contributed by atoms with Crippen molar-refractivity contribution in [2.45, 2.75) is 6.10 Å². The summed E-state index contributed by atoms with van der Waals surface area (Å²) in [7, 11) is 2.89. The van der Waals surface area contributed by atoms with Gasteiger partial charge in [-0.1, -0.05) is 0 Å². The Hall–Kier alpha value is -1.79. The van der Waals surface area contributed by atoms with Crippen molar-refractivity contribution in [3.8, 4) is 11.8 Å². The van der Waals surface area contributed by atoms with E-state index in [9.17, 15) is 5.11 Å². The lowest BCUT2D eigenvalue weighted by Gasteiger charge is -2.11. The van der Waals surface area contributed by atoms with Crippen molar-refractivity contribution in [3.63, 3.8) is 0 Å². The van der Waals surface area contributed by atoms with Crippen LogP contribution >= 0.6 is 11.6 Å². The fourth-order valence-electron chi connectivity index (χ4n) is 1.41. The highest BCUT2D eigenvalue weighted by atomic mass is 35.5. The largest absolute Gasteiger partial charge is 0.480 e. The Balaban J connectivity index is 2.38. The molecule has 0 bridgehead atoms. The molecule has 0 aliphatic carbocycles. The Labute approximate surface area is 108 Å². The van der Waals surface area contributed by atoms with Gasteiger partial charge in [0, 0.05) is 0 Å². The van der Waals surface area contributed by atoms with Crippen molar-refractivity contribution in [1.82, 2.24) is 9.97 Å². The molecule has 2 aromatic heterocycles. The van der Waals surface area contributed by atoms with Gasteiger partial charge in [-0.2, -0.15) is 4.98 Å². The minimum atomic E-state index is -1.11. The topological polar surface area (TPSA) is 77.6 Å². The molecular weight excluding hydrogens is 260 g/mol. The quantitative estimate of drug-likeness (QED) is 0.913. The number of aliphatic hydroxyl groups excluding tert-OH is 1. The maximum absolute atomic E-state index is 10.1. The summed E-state index contributed by atoms with van der Waals surface area (Å²) in [5.41, 5.74) is 0.226. The molecule has 0 spiro atoms. The SMILES string of the molecule is COc1cnc(C(O)c2ccc(Cl)o2)c(OC)n1. The van der Waals surface area contributed by atoms with Crippen molar-refractivity contribution >= 4 is 11.6 Å². The molecule has 0 amide bonds. The predicted octanol–water partition coefficient (Wildman–Crippen LogP) is 1.82. The van der Waals surface area contributed by atoms with Crippen LogP contribution in [0.3, 0.4) is 0 Å². The minimum Gasteiger partial charge on any atom is -0.480 e. The molecule has 1 unspecified atom stereocenters. The van der Waals surface area contributed by atoms with E-state index in [4.69, 9.17) is 25.5 Å². The molecule has 0 radical (unpaired) electrons. The van der Waals surface area contributed by atoms with E-state index in [-0.39, 0.29) is 22.6 Å². The van der Waals surface area contributed by atoms with Crippen LogP contribution in [0.4, 0.5) is 0 Å². The zero-order valence-corrected chi connectivity index (χ0v) is 10.5. The average molecular weight is 271 g/mol. The first-order chi connectivity index (χ1) is 8.65. The molecule has 0 saturated heterocycles. The molecule has 0 fully saturated rings. The van der Waals surface area contributed by atoms with Crippen LogP contribution in [0.2, 0.25) is 5.22 Å². The average Bonchev–Trinajstić information content (AvgIpc) is 2.83. The highest BCUT2D eigenvalue weighted by Gasteiger charge is 2.22. The van der Waals surface area contributed by atoms with Crippen LogP contribution in [0.15, 0.2) is 22.7 Å². The molecular formula is C11H11ClN2O4. The lowest BCUT2D eigenvalue weighted by molar-refractivity contribution is 0.178. The number of methoxy groups -OCH3 is 2. The second kappa shape index (κ2) is 5.24. The number of hydrogen-bond acceptors (Lipinski definition) is 6. The van der Waals surface area contributed by atoms with Gasteiger partial charge in [0.25, 0.3) is 0 Å². The van der Waals surface area contributed by atoms with Crippen molar-refractivity contribution in [2.24, 2.45) is 0 Å². The van der Waals surface area contributed by atoms with E-state index >= 15 is 0 Å². The van der Waals surface area contributed by atoms with E-state index in [1.807, 2.05) is 0 Å². The second-order valence-electron chi connectivity index (χ2n) is 3.35. The molecule has 2 aromatic rings. The Kier molecular flexibility index (Phi) is 3.69. The molecule has 6 nitrogen and oxygen atoms in total. The summed E-state index contributed by atoms with van der Waals surface area (Å²) < 4.78 is 15.1. The molecule has 2 heterocycles. The van der Waals surface area contributed by atoms with E-state index < -0.39 is 6.10 Å². The number of furan rings is 1. The van der Waals surface area contributed by atoms with Crippen molar-refractivity contribution in [1.29, 1.82) is 0 Å². The fourth-order valence-corrected chi connectivity index (χ4v) is 1.56. The molecule has 0 aliphatic heterocycles. The van der Waals surface area contributed by atoms with E-state index in [1.54, 1.807) is 6.07 Å². The lowest BCUT2D eigenvalue weighted by Crippen LogP contribution is -2.06. The summed E-state index contributed by atoms with van der Waals surface area (Å²) in [6.07, 6.45) is 0.275. The van der Waals surface area contributed by atoms with E-state index in [1.165, 1.54) is 26.5 Å². The molecule has 18 heavy (non-hydrogen) atoms. The Bertz CT molecular complexity index is 544. The summed E-state index contributed by atoms with van der Waals surface area (Å²) in [6.45, 7) is 0.